The van der Waals surface area contributed by atoms with E-state index in [1.54, 1.807) is 6.07 Å². The van der Waals surface area contributed by atoms with Gasteiger partial charge in [-0.15, -0.1) is 0 Å². The van der Waals surface area contributed by atoms with E-state index in [2.05, 4.69) is 16.4 Å². The Labute approximate surface area is 199 Å². The number of nitrogens with zero attached hydrogens (tertiary/aromatic N) is 4. The van der Waals surface area contributed by atoms with Crippen LogP contribution >= 0.6 is 0 Å². The number of aromatic nitrogens is 2. The summed E-state index contributed by atoms with van der Waals surface area (Å²) in [6.45, 7) is 0.138. The van der Waals surface area contributed by atoms with Crippen molar-refractivity contribution in [1.29, 1.82) is 5.26 Å². The number of rotatable bonds is 6. The number of carbonyl (C=O) groups excluding carboxylic acids is 1. The van der Waals surface area contributed by atoms with E-state index in [1.165, 1.54) is 29.1 Å². The van der Waals surface area contributed by atoms with Gasteiger partial charge in [0.25, 0.3) is 11.5 Å². The molecule has 0 spiro atoms. The van der Waals surface area contributed by atoms with E-state index in [1.807, 2.05) is 37.2 Å². The summed E-state index contributed by atoms with van der Waals surface area (Å²) in [5.74, 6) is -2.54. The summed E-state index contributed by atoms with van der Waals surface area (Å²) in [5, 5.41) is 12.9. The lowest BCUT2D eigenvalue weighted by molar-refractivity contribution is 0.0949. The zero-order chi connectivity index (χ0) is 25.1. The number of anilines is 1. The topological polar surface area (TPSA) is 91.0 Å². The molecule has 35 heavy (non-hydrogen) atoms. The summed E-state index contributed by atoms with van der Waals surface area (Å²) in [6.07, 6.45) is 3.01. The molecule has 0 bridgehead atoms. The van der Waals surface area contributed by atoms with Crippen molar-refractivity contribution in [3.8, 4) is 6.07 Å². The molecule has 7 nitrogen and oxygen atoms in total. The van der Waals surface area contributed by atoms with Crippen LogP contribution in [0.5, 0.6) is 0 Å². The largest absolute Gasteiger partial charge is 0.376 e. The van der Waals surface area contributed by atoms with Gasteiger partial charge in [0, 0.05) is 38.4 Å². The fourth-order valence-corrected chi connectivity index (χ4v) is 3.85. The zero-order valence-electron chi connectivity index (χ0n) is 19.0. The van der Waals surface area contributed by atoms with Crippen LogP contribution in [0.25, 0.3) is 10.9 Å². The molecule has 1 amide bonds. The molecule has 0 atom stereocenters. The van der Waals surface area contributed by atoms with Gasteiger partial charge >= 0.3 is 0 Å². The summed E-state index contributed by atoms with van der Waals surface area (Å²) in [6, 6.07) is 14.0. The van der Waals surface area contributed by atoms with E-state index < -0.39 is 23.1 Å². The average Bonchev–Trinajstić information content (AvgIpc) is 2.85. The van der Waals surface area contributed by atoms with Gasteiger partial charge in [-0.3, -0.25) is 14.6 Å². The van der Waals surface area contributed by atoms with Crippen LogP contribution in [0.2, 0.25) is 0 Å². The van der Waals surface area contributed by atoms with Gasteiger partial charge in [-0.2, -0.15) is 5.26 Å². The maximum atomic E-state index is 13.5. The molecule has 2 aromatic carbocycles. The number of hydrogen-bond acceptors (Lipinski definition) is 5. The first-order chi connectivity index (χ1) is 16.8. The fourth-order valence-electron chi connectivity index (χ4n) is 3.85. The van der Waals surface area contributed by atoms with Crippen LogP contribution in [0, 0.1) is 23.0 Å². The summed E-state index contributed by atoms with van der Waals surface area (Å²) < 4.78 is 28.0. The van der Waals surface area contributed by atoms with Crippen LogP contribution in [0.4, 0.5) is 14.5 Å². The minimum absolute atomic E-state index is 0.0105. The molecular weight excluding hydrogens is 452 g/mol. The maximum Gasteiger partial charge on any atom is 0.263 e. The second kappa shape index (κ2) is 9.73. The fraction of sp³-hybridized carbons (Fsp3) is 0.154. The smallest absolute Gasteiger partial charge is 0.263 e. The van der Waals surface area contributed by atoms with E-state index in [-0.39, 0.29) is 18.7 Å². The molecule has 0 saturated carbocycles. The van der Waals surface area contributed by atoms with Crippen molar-refractivity contribution in [2.75, 3.05) is 19.0 Å². The number of halogens is 2. The highest BCUT2D eigenvalue weighted by atomic mass is 19.2. The predicted molar refractivity (Wildman–Crippen MR) is 128 cm³/mol. The normalized spacial score (nSPS) is 10.7. The molecule has 4 rings (SSSR count). The lowest BCUT2D eigenvalue weighted by Crippen LogP contribution is -2.32. The Morgan fingerprint density at radius 3 is 2.60 bits per heavy atom. The van der Waals surface area contributed by atoms with Crippen molar-refractivity contribution in [2.45, 2.75) is 13.1 Å². The molecule has 0 radical (unpaired) electrons. The average molecular weight is 473 g/mol. The Kier molecular flexibility index (Phi) is 6.55. The highest BCUT2D eigenvalue weighted by Crippen LogP contribution is 2.28. The Hall–Kier alpha value is -4.58. The lowest BCUT2D eigenvalue weighted by Gasteiger charge is -2.17. The number of pyridine rings is 2. The Bertz CT molecular complexity index is 1540. The molecule has 0 aliphatic rings. The highest BCUT2D eigenvalue weighted by molar-refractivity contribution is 5.95. The summed E-state index contributed by atoms with van der Waals surface area (Å²) >= 11 is 0. The molecule has 4 aromatic rings. The van der Waals surface area contributed by atoms with E-state index >= 15 is 0 Å². The standard InChI is InChI=1S/C26H21F2N5O2/c1-32(2)24-18(12-29)14-30-23-8-6-16(10-20(23)24)13-31-25(34)19-4-3-9-33(26(19)35)15-17-5-7-21(27)22(28)11-17/h3-11,14H,13,15H2,1-2H3,(H,31,34). The van der Waals surface area contributed by atoms with Crippen LogP contribution < -0.4 is 15.8 Å². The SMILES string of the molecule is CN(C)c1c(C#N)cnc2ccc(CNC(=O)c3cccn(Cc4ccc(F)c(F)c4)c3=O)cc12. The van der Waals surface area contributed by atoms with Crippen LogP contribution in [0.15, 0.2) is 65.7 Å². The van der Waals surface area contributed by atoms with Crippen LogP contribution in [0.1, 0.15) is 27.0 Å². The van der Waals surface area contributed by atoms with Crippen LogP contribution in [0.3, 0.4) is 0 Å². The minimum Gasteiger partial charge on any atom is -0.376 e. The second-order valence-electron chi connectivity index (χ2n) is 8.16. The van der Waals surface area contributed by atoms with E-state index in [0.717, 1.165) is 28.8 Å². The third kappa shape index (κ3) is 4.87. The molecule has 0 aliphatic heterocycles. The van der Waals surface area contributed by atoms with E-state index in [0.29, 0.717) is 16.6 Å². The van der Waals surface area contributed by atoms with Gasteiger partial charge < -0.3 is 14.8 Å². The third-order valence-corrected chi connectivity index (χ3v) is 5.53. The number of hydrogen-bond donors (Lipinski definition) is 1. The lowest BCUT2D eigenvalue weighted by atomic mass is 10.1. The molecule has 2 aromatic heterocycles. The predicted octanol–water partition coefficient (Wildman–Crippen LogP) is 3.59. The molecular formula is C26H21F2N5O2. The van der Waals surface area contributed by atoms with Crippen molar-refractivity contribution in [2.24, 2.45) is 0 Å². The molecule has 0 fully saturated rings. The van der Waals surface area contributed by atoms with E-state index in [4.69, 9.17) is 0 Å². The van der Waals surface area contributed by atoms with Crippen LogP contribution in [-0.4, -0.2) is 29.6 Å². The number of benzene rings is 2. The first kappa shape index (κ1) is 23.6. The van der Waals surface area contributed by atoms with Crippen molar-refractivity contribution in [1.82, 2.24) is 14.9 Å². The molecule has 176 valence electrons. The monoisotopic (exact) mass is 473 g/mol. The molecule has 9 heteroatoms. The summed E-state index contributed by atoms with van der Waals surface area (Å²) in [4.78, 5) is 31.8. The molecule has 0 saturated heterocycles. The quantitative estimate of drug-likeness (QED) is 0.462. The number of amides is 1. The van der Waals surface area contributed by atoms with Crippen LogP contribution in [-0.2, 0) is 13.1 Å². The molecule has 0 unspecified atom stereocenters. The van der Waals surface area contributed by atoms with Crippen molar-refractivity contribution in [3.05, 3.63) is 105 Å². The number of fused-ring (bicyclic) bond motifs is 1. The first-order valence-electron chi connectivity index (χ1n) is 10.7. The minimum atomic E-state index is -1.01. The van der Waals surface area contributed by atoms with Gasteiger partial charge in [0.2, 0.25) is 0 Å². The molecule has 2 heterocycles. The Balaban J connectivity index is 1.55. The van der Waals surface area contributed by atoms with E-state index in [9.17, 15) is 23.6 Å². The van der Waals surface area contributed by atoms with Crippen molar-refractivity contribution >= 4 is 22.5 Å². The number of carbonyl (C=O) groups is 1. The van der Waals surface area contributed by atoms with Gasteiger partial charge in [0.1, 0.15) is 11.6 Å². The molecule has 1 N–H and O–H groups in total. The molecule has 0 aliphatic carbocycles. The number of nitrogens with one attached hydrogen (secondary N) is 1. The first-order valence-corrected chi connectivity index (χ1v) is 10.7. The van der Waals surface area contributed by atoms with Crippen molar-refractivity contribution < 1.29 is 13.6 Å². The third-order valence-electron chi connectivity index (χ3n) is 5.53. The van der Waals surface area contributed by atoms with Gasteiger partial charge in [0.15, 0.2) is 11.6 Å². The summed E-state index contributed by atoms with van der Waals surface area (Å²) in [5.41, 5.74) is 2.42. The summed E-state index contributed by atoms with van der Waals surface area (Å²) in [7, 11) is 3.68. The zero-order valence-corrected chi connectivity index (χ0v) is 19.0. The Morgan fingerprint density at radius 2 is 1.89 bits per heavy atom. The van der Waals surface area contributed by atoms with Gasteiger partial charge in [-0.05, 0) is 47.5 Å². The van der Waals surface area contributed by atoms with Gasteiger partial charge in [-0.1, -0.05) is 12.1 Å². The van der Waals surface area contributed by atoms with Crippen molar-refractivity contribution in [3.63, 3.8) is 0 Å². The Morgan fingerprint density at radius 1 is 1.11 bits per heavy atom. The van der Waals surface area contributed by atoms with Gasteiger partial charge in [0.05, 0.1) is 23.3 Å². The highest BCUT2D eigenvalue weighted by Gasteiger charge is 2.15. The number of nitriles is 1. The second-order valence-corrected chi connectivity index (χ2v) is 8.16. The van der Waals surface area contributed by atoms with Gasteiger partial charge in [-0.25, -0.2) is 8.78 Å². The maximum absolute atomic E-state index is 13.5.